The Morgan fingerprint density at radius 3 is 2.24 bits per heavy atom. The highest BCUT2D eigenvalue weighted by Gasteiger charge is 2.73. The Bertz CT molecular complexity index is 301. The summed E-state index contributed by atoms with van der Waals surface area (Å²) >= 11 is 0. The average molecular weight is 254 g/mol. The van der Waals surface area contributed by atoms with Crippen LogP contribution in [0, 0.1) is 5.92 Å². The van der Waals surface area contributed by atoms with Gasteiger partial charge in [0.05, 0.1) is 0 Å². The molecule has 0 aromatic carbocycles. The predicted octanol–water partition coefficient (Wildman–Crippen LogP) is 5.13. The average Bonchev–Trinajstić information content (AvgIpc) is 3.15. The van der Waals surface area contributed by atoms with E-state index >= 15 is 0 Å². The van der Waals surface area contributed by atoms with Crippen molar-refractivity contribution in [1.29, 1.82) is 0 Å². The second-order valence-corrected chi connectivity index (χ2v) is 10.9. The lowest BCUT2D eigenvalue weighted by atomic mass is 10.1. The molecule has 1 aliphatic heterocycles. The SMILES string of the molecule is C/C=C\C(CC)S1([C@@H](C)CC(C)C)CC12CC2. The van der Waals surface area contributed by atoms with Crippen molar-refractivity contribution < 1.29 is 0 Å². The Morgan fingerprint density at radius 1 is 1.24 bits per heavy atom. The molecule has 3 atom stereocenters. The Morgan fingerprint density at radius 2 is 1.88 bits per heavy atom. The maximum atomic E-state index is 2.56. The number of hydrogen-bond acceptors (Lipinski definition) is 0. The monoisotopic (exact) mass is 254 g/mol. The van der Waals surface area contributed by atoms with Gasteiger partial charge in [-0.25, -0.2) is 10.0 Å². The molecular formula is C16H30S. The first-order chi connectivity index (χ1) is 8.02. The molecule has 0 aromatic heterocycles. The second-order valence-electron chi connectivity index (χ2n) is 6.59. The van der Waals surface area contributed by atoms with Crippen molar-refractivity contribution in [3.63, 3.8) is 0 Å². The summed E-state index contributed by atoms with van der Waals surface area (Å²) in [6.45, 7) is 11.9. The molecule has 0 radical (unpaired) electrons. The van der Waals surface area contributed by atoms with E-state index in [4.69, 9.17) is 0 Å². The molecule has 1 aliphatic carbocycles. The van der Waals surface area contributed by atoms with Crippen LogP contribution in [0.2, 0.25) is 0 Å². The molecule has 0 N–H and O–H groups in total. The van der Waals surface area contributed by atoms with E-state index in [0.717, 1.165) is 21.2 Å². The van der Waals surface area contributed by atoms with Gasteiger partial charge in [-0.2, -0.15) is 0 Å². The smallest absolute Gasteiger partial charge is 0.00878 e. The van der Waals surface area contributed by atoms with E-state index in [2.05, 4.69) is 46.8 Å². The summed E-state index contributed by atoms with van der Waals surface area (Å²) < 4.78 is 0.876. The zero-order valence-corrected chi connectivity index (χ0v) is 13.1. The minimum absolute atomic E-state index is 0.312. The van der Waals surface area contributed by atoms with Gasteiger partial charge in [0.15, 0.2) is 0 Å². The van der Waals surface area contributed by atoms with Gasteiger partial charge in [0.25, 0.3) is 0 Å². The summed E-state index contributed by atoms with van der Waals surface area (Å²) in [4.78, 5) is 0. The van der Waals surface area contributed by atoms with Crippen molar-refractivity contribution in [2.24, 2.45) is 5.92 Å². The van der Waals surface area contributed by atoms with Crippen molar-refractivity contribution in [2.45, 2.75) is 75.5 Å². The van der Waals surface area contributed by atoms with Crippen LogP contribution >= 0.6 is 10.0 Å². The van der Waals surface area contributed by atoms with Crippen molar-refractivity contribution in [3.05, 3.63) is 12.2 Å². The molecule has 1 heteroatoms. The van der Waals surface area contributed by atoms with Crippen LogP contribution in [0.3, 0.4) is 0 Å². The quantitative estimate of drug-likeness (QED) is 0.455. The van der Waals surface area contributed by atoms with Gasteiger partial charge in [0.2, 0.25) is 0 Å². The summed E-state index contributed by atoms with van der Waals surface area (Å²) in [7, 11) is -0.312. The molecule has 1 saturated carbocycles. The minimum Gasteiger partial charge on any atom is -0.224 e. The normalized spacial score (nSPS) is 37.1. The van der Waals surface area contributed by atoms with Crippen molar-refractivity contribution in [3.8, 4) is 0 Å². The largest absolute Gasteiger partial charge is 0.224 e. The van der Waals surface area contributed by atoms with Crippen LogP contribution < -0.4 is 0 Å². The highest BCUT2D eigenvalue weighted by atomic mass is 32.3. The lowest BCUT2D eigenvalue weighted by Crippen LogP contribution is -2.20. The molecule has 2 fully saturated rings. The minimum atomic E-state index is -0.312. The standard InChI is InChI=1S/C16H30S/c1-6-8-15(7-2)17(12-16(17)9-10-16)14(5)11-13(3)4/h6,8,13-15H,7,9-12H2,1-5H3/b8-6-/t14-,15?/m0/s1. The highest BCUT2D eigenvalue weighted by molar-refractivity contribution is 8.42. The van der Waals surface area contributed by atoms with Gasteiger partial charge >= 0.3 is 0 Å². The topological polar surface area (TPSA) is 0 Å². The zero-order chi connectivity index (χ0) is 12.7. The van der Waals surface area contributed by atoms with E-state index < -0.39 is 0 Å². The fourth-order valence-electron chi connectivity index (χ4n) is 3.99. The van der Waals surface area contributed by atoms with Crippen LogP contribution in [-0.4, -0.2) is 21.0 Å². The second kappa shape index (κ2) is 4.64. The van der Waals surface area contributed by atoms with E-state index in [1.807, 2.05) is 0 Å². The van der Waals surface area contributed by atoms with Crippen molar-refractivity contribution >= 4 is 10.0 Å². The molecular weight excluding hydrogens is 224 g/mol. The van der Waals surface area contributed by atoms with Crippen LogP contribution in [0.15, 0.2) is 12.2 Å². The summed E-state index contributed by atoms with van der Waals surface area (Å²) in [6, 6.07) is 0. The molecule has 2 aliphatic rings. The summed E-state index contributed by atoms with van der Waals surface area (Å²) in [5.74, 6) is 2.48. The Hall–Kier alpha value is 0.0900. The molecule has 0 bridgehead atoms. The highest BCUT2D eigenvalue weighted by Crippen LogP contribution is 2.91. The van der Waals surface area contributed by atoms with Crippen LogP contribution in [0.4, 0.5) is 0 Å². The van der Waals surface area contributed by atoms with Gasteiger partial charge in [0.1, 0.15) is 0 Å². The summed E-state index contributed by atoms with van der Waals surface area (Å²) in [5, 5.41) is 1.91. The first kappa shape index (κ1) is 13.5. The van der Waals surface area contributed by atoms with Gasteiger partial charge in [-0.3, -0.25) is 0 Å². The van der Waals surface area contributed by atoms with Crippen LogP contribution in [-0.2, 0) is 0 Å². The molecule has 2 unspecified atom stereocenters. The third-order valence-corrected chi connectivity index (χ3v) is 10.9. The fraction of sp³-hybridized carbons (Fsp3) is 0.875. The van der Waals surface area contributed by atoms with E-state index in [-0.39, 0.29) is 10.0 Å². The third kappa shape index (κ3) is 2.09. The molecule has 100 valence electrons. The first-order valence-electron chi connectivity index (χ1n) is 7.43. The predicted molar refractivity (Wildman–Crippen MR) is 82.2 cm³/mol. The zero-order valence-electron chi connectivity index (χ0n) is 12.3. The lowest BCUT2D eigenvalue weighted by Gasteiger charge is -2.38. The van der Waals surface area contributed by atoms with Crippen molar-refractivity contribution in [1.82, 2.24) is 0 Å². The van der Waals surface area contributed by atoms with Gasteiger partial charge in [-0.05, 0) is 49.5 Å². The third-order valence-electron chi connectivity index (χ3n) is 4.90. The molecule has 0 aromatic rings. The van der Waals surface area contributed by atoms with Crippen LogP contribution in [0.5, 0.6) is 0 Å². The number of allylic oxidation sites excluding steroid dienone is 1. The maximum absolute atomic E-state index is 2.56. The van der Waals surface area contributed by atoms with Crippen LogP contribution in [0.25, 0.3) is 0 Å². The number of hydrogen-bond donors (Lipinski definition) is 0. The Kier molecular flexibility index (Phi) is 3.69. The lowest BCUT2D eigenvalue weighted by molar-refractivity contribution is 0.581. The van der Waals surface area contributed by atoms with Gasteiger partial charge < -0.3 is 0 Å². The van der Waals surface area contributed by atoms with Crippen molar-refractivity contribution in [2.75, 3.05) is 5.75 Å². The number of rotatable bonds is 6. The van der Waals surface area contributed by atoms with Gasteiger partial charge in [-0.1, -0.05) is 39.8 Å². The van der Waals surface area contributed by atoms with E-state index in [0.29, 0.717) is 0 Å². The Balaban J connectivity index is 2.16. The fourth-order valence-corrected chi connectivity index (χ4v) is 10.7. The van der Waals surface area contributed by atoms with Crippen LogP contribution in [0.1, 0.15) is 60.3 Å². The summed E-state index contributed by atoms with van der Waals surface area (Å²) in [5.41, 5.74) is 0. The van der Waals surface area contributed by atoms with E-state index in [1.54, 1.807) is 18.6 Å². The molecule has 0 amide bonds. The summed E-state index contributed by atoms with van der Waals surface area (Å²) in [6.07, 6.45) is 10.8. The maximum Gasteiger partial charge on any atom is 0.00878 e. The van der Waals surface area contributed by atoms with Gasteiger partial charge in [0, 0.05) is 10.00 Å². The molecule has 17 heavy (non-hydrogen) atoms. The van der Waals surface area contributed by atoms with Gasteiger partial charge in [-0.15, -0.1) is 0 Å². The molecule has 0 nitrogen and oxygen atoms in total. The van der Waals surface area contributed by atoms with E-state index in [1.165, 1.54) is 12.8 Å². The molecule has 1 spiro atoms. The molecule has 1 heterocycles. The molecule has 1 saturated heterocycles. The first-order valence-corrected chi connectivity index (χ1v) is 9.36. The van der Waals surface area contributed by atoms with E-state index in [9.17, 15) is 0 Å². The Labute approximate surface area is 110 Å². The molecule has 2 rings (SSSR count).